The molecule has 0 bridgehead atoms. The van der Waals surface area contributed by atoms with E-state index in [0.29, 0.717) is 5.02 Å². The van der Waals surface area contributed by atoms with Gasteiger partial charge in [-0.2, -0.15) is 0 Å². The largest absolute Gasteiger partial charge is 0.497 e. The number of rotatable bonds is 5. The molecule has 0 saturated carbocycles. The van der Waals surface area contributed by atoms with Crippen molar-refractivity contribution in [1.82, 2.24) is 5.32 Å². The van der Waals surface area contributed by atoms with Crippen LogP contribution in [0.3, 0.4) is 0 Å². The van der Waals surface area contributed by atoms with Gasteiger partial charge in [-0.05, 0) is 29.8 Å². The molecule has 100 valence electrons. The molecule has 0 saturated heterocycles. The van der Waals surface area contributed by atoms with E-state index in [1.165, 1.54) is 5.56 Å². The Kier molecular flexibility index (Phi) is 4.83. The Labute approximate surface area is 119 Å². The quantitative estimate of drug-likeness (QED) is 0.889. The molecule has 0 amide bonds. The number of methoxy groups -OCH3 is 1. The minimum Gasteiger partial charge on any atom is -0.497 e. The van der Waals surface area contributed by atoms with Crippen molar-refractivity contribution in [2.75, 3.05) is 13.7 Å². The molecular weight excluding hydrogens is 258 g/mol. The molecule has 0 heterocycles. The second kappa shape index (κ2) is 6.60. The van der Waals surface area contributed by atoms with Crippen LogP contribution in [0.4, 0.5) is 0 Å². The summed E-state index contributed by atoms with van der Waals surface area (Å²) in [7, 11) is 1.64. The fourth-order valence-corrected chi connectivity index (χ4v) is 2.41. The fourth-order valence-electron chi connectivity index (χ4n) is 2.13. The lowest BCUT2D eigenvalue weighted by molar-refractivity contribution is 0.414. The van der Waals surface area contributed by atoms with Gasteiger partial charge in [-0.3, -0.25) is 0 Å². The maximum absolute atomic E-state index is 6.37. The summed E-state index contributed by atoms with van der Waals surface area (Å²) in [5.41, 5.74) is 2.27. The third kappa shape index (κ3) is 3.28. The smallest absolute Gasteiger partial charge is 0.120 e. The van der Waals surface area contributed by atoms with E-state index >= 15 is 0 Å². The first-order valence-corrected chi connectivity index (χ1v) is 6.75. The Hall–Kier alpha value is -1.51. The average molecular weight is 276 g/mol. The summed E-state index contributed by atoms with van der Waals surface area (Å²) in [6.45, 7) is 2.97. The van der Waals surface area contributed by atoms with Crippen molar-refractivity contribution in [2.24, 2.45) is 0 Å². The molecule has 0 radical (unpaired) electrons. The van der Waals surface area contributed by atoms with E-state index in [1.54, 1.807) is 7.11 Å². The summed E-state index contributed by atoms with van der Waals surface area (Å²) in [6, 6.07) is 16.2. The highest BCUT2D eigenvalue weighted by molar-refractivity contribution is 6.31. The number of hydrogen-bond donors (Lipinski definition) is 1. The van der Waals surface area contributed by atoms with Crippen molar-refractivity contribution in [3.63, 3.8) is 0 Å². The molecule has 1 unspecified atom stereocenters. The molecule has 3 heteroatoms. The lowest BCUT2D eigenvalue weighted by Crippen LogP contribution is -2.22. The number of nitrogens with one attached hydrogen (secondary N) is 1. The Morgan fingerprint density at radius 2 is 1.89 bits per heavy atom. The van der Waals surface area contributed by atoms with Crippen molar-refractivity contribution in [2.45, 2.75) is 13.0 Å². The number of benzene rings is 2. The molecule has 1 atom stereocenters. The average Bonchev–Trinajstić information content (AvgIpc) is 2.46. The summed E-state index contributed by atoms with van der Waals surface area (Å²) in [5, 5.41) is 4.19. The molecular formula is C16H18ClNO. The molecule has 2 rings (SSSR count). The summed E-state index contributed by atoms with van der Waals surface area (Å²) >= 11 is 6.37. The van der Waals surface area contributed by atoms with Crippen molar-refractivity contribution in [3.05, 3.63) is 64.7 Å². The molecule has 2 aromatic rings. The van der Waals surface area contributed by atoms with Gasteiger partial charge in [0.25, 0.3) is 0 Å². The van der Waals surface area contributed by atoms with Gasteiger partial charge in [0.05, 0.1) is 13.2 Å². The van der Waals surface area contributed by atoms with E-state index in [-0.39, 0.29) is 6.04 Å². The Morgan fingerprint density at radius 3 is 2.47 bits per heavy atom. The van der Waals surface area contributed by atoms with Gasteiger partial charge in [0.2, 0.25) is 0 Å². The molecule has 0 spiro atoms. The zero-order chi connectivity index (χ0) is 13.7. The van der Waals surface area contributed by atoms with Crippen LogP contribution in [0, 0.1) is 0 Å². The minimum absolute atomic E-state index is 0.101. The molecule has 0 aromatic heterocycles. The first-order chi connectivity index (χ1) is 9.26. The Balaban J connectivity index is 2.39. The second-order valence-electron chi connectivity index (χ2n) is 4.29. The Morgan fingerprint density at radius 1 is 1.16 bits per heavy atom. The van der Waals surface area contributed by atoms with E-state index in [9.17, 15) is 0 Å². The normalized spacial score (nSPS) is 12.2. The monoisotopic (exact) mass is 275 g/mol. The molecule has 0 aliphatic rings. The van der Waals surface area contributed by atoms with Crippen LogP contribution in [0.5, 0.6) is 5.75 Å². The minimum atomic E-state index is 0.101. The predicted molar refractivity (Wildman–Crippen MR) is 80.0 cm³/mol. The molecule has 0 aliphatic heterocycles. The van der Waals surface area contributed by atoms with Gasteiger partial charge in [-0.25, -0.2) is 0 Å². The van der Waals surface area contributed by atoms with Crippen molar-refractivity contribution >= 4 is 11.6 Å². The van der Waals surface area contributed by atoms with Gasteiger partial charge in [-0.1, -0.05) is 54.9 Å². The van der Waals surface area contributed by atoms with Gasteiger partial charge in [0.15, 0.2) is 0 Å². The maximum atomic E-state index is 6.37. The van der Waals surface area contributed by atoms with E-state index in [0.717, 1.165) is 17.9 Å². The summed E-state index contributed by atoms with van der Waals surface area (Å²) < 4.78 is 5.19. The highest BCUT2D eigenvalue weighted by atomic mass is 35.5. The first kappa shape index (κ1) is 13.9. The van der Waals surface area contributed by atoms with Gasteiger partial charge < -0.3 is 10.1 Å². The first-order valence-electron chi connectivity index (χ1n) is 6.38. The van der Waals surface area contributed by atoms with Crippen LogP contribution in [0.2, 0.25) is 5.02 Å². The predicted octanol–water partition coefficient (Wildman–Crippen LogP) is 4.05. The second-order valence-corrected chi connectivity index (χ2v) is 4.70. The van der Waals surface area contributed by atoms with Crippen molar-refractivity contribution < 1.29 is 4.74 Å². The molecule has 0 aliphatic carbocycles. The maximum Gasteiger partial charge on any atom is 0.120 e. The van der Waals surface area contributed by atoms with Crippen molar-refractivity contribution in [3.8, 4) is 5.75 Å². The van der Waals surface area contributed by atoms with Gasteiger partial charge in [0, 0.05) is 5.02 Å². The van der Waals surface area contributed by atoms with Crippen LogP contribution in [-0.4, -0.2) is 13.7 Å². The van der Waals surface area contributed by atoms with Crippen LogP contribution >= 0.6 is 11.6 Å². The van der Waals surface area contributed by atoms with Crippen LogP contribution in [-0.2, 0) is 0 Å². The van der Waals surface area contributed by atoms with Crippen LogP contribution in [0.25, 0.3) is 0 Å². The number of ether oxygens (including phenoxy) is 1. The SMILES string of the molecule is CCNC(c1ccccc1)c1ccc(OC)cc1Cl. The van der Waals surface area contributed by atoms with Crippen LogP contribution in [0.15, 0.2) is 48.5 Å². The molecule has 2 aromatic carbocycles. The van der Waals surface area contributed by atoms with E-state index in [2.05, 4.69) is 24.4 Å². The van der Waals surface area contributed by atoms with Crippen LogP contribution < -0.4 is 10.1 Å². The molecule has 19 heavy (non-hydrogen) atoms. The highest BCUT2D eigenvalue weighted by Crippen LogP contribution is 2.31. The van der Waals surface area contributed by atoms with Gasteiger partial charge >= 0.3 is 0 Å². The lowest BCUT2D eigenvalue weighted by atomic mass is 9.98. The zero-order valence-electron chi connectivity index (χ0n) is 11.2. The van der Waals surface area contributed by atoms with E-state index < -0.39 is 0 Å². The Bertz CT molecular complexity index is 528. The molecule has 2 nitrogen and oxygen atoms in total. The third-order valence-corrected chi connectivity index (χ3v) is 3.39. The summed E-state index contributed by atoms with van der Waals surface area (Å²) in [4.78, 5) is 0. The zero-order valence-corrected chi connectivity index (χ0v) is 11.9. The topological polar surface area (TPSA) is 21.3 Å². The molecule has 0 fully saturated rings. The third-order valence-electron chi connectivity index (χ3n) is 3.06. The van der Waals surface area contributed by atoms with Crippen LogP contribution in [0.1, 0.15) is 24.1 Å². The number of hydrogen-bond acceptors (Lipinski definition) is 2. The van der Waals surface area contributed by atoms with Crippen molar-refractivity contribution in [1.29, 1.82) is 0 Å². The lowest BCUT2D eigenvalue weighted by Gasteiger charge is -2.20. The van der Waals surface area contributed by atoms with Gasteiger partial charge in [-0.15, -0.1) is 0 Å². The van der Waals surface area contributed by atoms with Gasteiger partial charge in [0.1, 0.15) is 5.75 Å². The standard InChI is InChI=1S/C16H18ClNO/c1-3-18-16(12-7-5-4-6-8-12)14-10-9-13(19-2)11-15(14)17/h4-11,16,18H,3H2,1-2H3. The summed E-state index contributed by atoms with van der Waals surface area (Å²) in [6.07, 6.45) is 0. The fraction of sp³-hybridized carbons (Fsp3) is 0.250. The number of halogens is 1. The van der Waals surface area contributed by atoms with E-state index in [1.807, 2.05) is 36.4 Å². The summed E-state index contributed by atoms with van der Waals surface area (Å²) in [5.74, 6) is 0.775. The molecule has 1 N–H and O–H groups in total. The highest BCUT2D eigenvalue weighted by Gasteiger charge is 2.16. The van der Waals surface area contributed by atoms with E-state index in [4.69, 9.17) is 16.3 Å².